The Labute approximate surface area is 199 Å². The van der Waals surface area contributed by atoms with Gasteiger partial charge in [0.05, 0.1) is 5.41 Å². The molecular formula is C27H29N3O4. The number of urea groups is 1. The minimum absolute atomic E-state index is 0.183. The Hall–Kier alpha value is -3.71. The fraction of sp³-hybridized carbons (Fsp3) is 0.296. The molecule has 1 heterocycles. The number of carbonyl (C=O) groups is 3. The van der Waals surface area contributed by atoms with Crippen LogP contribution in [0.5, 0.6) is 0 Å². The molecule has 1 aliphatic carbocycles. The van der Waals surface area contributed by atoms with Crippen LogP contribution in [0.4, 0.5) is 4.79 Å². The normalized spacial score (nSPS) is 24.7. The van der Waals surface area contributed by atoms with E-state index in [1.54, 1.807) is 18.0 Å². The monoisotopic (exact) mass is 459 g/mol. The summed E-state index contributed by atoms with van der Waals surface area (Å²) in [6.07, 6.45) is 4.75. The second-order valence-corrected chi connectivity index (χ2v) is 9.08. The van der Waals surface area contributed by atoms with Crippen LogP contribution in [0.1, 0.15) is 24.5 Å². The van der Waals surface area contributed by atoms with E-state index in [9.17, 15) is 19.5 Å². The third kappa shape index (κ3) is 4.26. The van der Waals surface area contributed by atoms with Gasteiger partial charge in [0.2, 0.25) is 5.91 Å². The zero-order chi connectivity index (χ0) is 24.3. The molecule has 1 saturated heterocycles. The van der Waals surface area contributed by atoms with Crippen molar-refractivity contribution >= 4 is 23.4 Å². The Morgan fingerprint density at radius 1 is 1.09 bits per heavy atom. The van der Waals surface area contributed by atoms with Crippen LogP contribution in [-0.2, 0) is 16.0 Å². The van der Waals surface area contributed by atoms with Gasteiger partial charge in [-0.25, -0.2) is 4.79 Å². The molecular weight excluding hydrogens is 430 g/mol. The van der Waals surface area contributed by atoms with Crippen molar-refractivity contribution in [3.8, 4) is 0 Å². The average Bonchev–Trinajstić information content (AvgIpc) is 3.14. The zero-order valence-electron chi connectivity index (χ0n) is 19.3. The fourth-order valence-corrected chi connectivity index (χ4v) is 4.64. The highest BCUT2D eigenvalue weighted by Crippen LogP contribution is 2.42. The van der Waals surface area contributed by atoms with Crippen LogP contribution in [0.2, 0.25) is 0 Å². The number of allylic oxidation sites excluding steroid dienone is 3. The number of nitrogens with one attached hydrogen (secondary N) is 2. The SMILES string of the molecule is CN(CCc1ccccc1)C(=O)C1(C(O)C2(C)NC(=O)NC2=O)C=CC(c2ccccc2)=CC1. The molecule has 3 N–H and O–H groups in total. The highest BCUT2D eigenvalue weighted by molar-refractivity contribution is 6.08. The first-order chi connectivity index (χ1) is 16.3. The van der Waals surface area contributed by atoms with Gasteiger partial charge in [-0.05, 0) is 36.5 Å². The van der Waals surface area contributed by atoms with Crippen molar-refractivity contribution in [2.75, 3.05) is 13.6 Å². The summed E-state index contributed by atoms with van der Waals surface area (Å²) < 4.78 is 0. The van der Waals surface area contributed by atoms with E-state index in [1.165, 1.54) is 6.92 Å². The number of aliphatic hydroxyl groups excluding tert-OH is 1. The van der Waals surface area contributed by atoms with E-state index < -0.39 is 29.0 Å². The second-order valence-electron chi connectivity index (χ2n) is 9.08. The zero-order valence-corrected chi connectivity index (χ0v) is 19.3. The summed E-state index contributed by atoms with van der Waals surface area (Å²) in [5, 5.41) is 16.2. The van der Waals surface area contributed by atoms with Crippen molar-refractivity contribution in [3.63, 3.8) is 0 Å². The molecule has 7 nitrogen and oxygen atoms in total. The number of rotatable bonds is 7. The van der Waals surface area contributed by atoms with Crippen molar-refractivity contribution in [3.05, 3.63) is 90.0 Å². The van der Waals surface area contributed by atoms with Gasteiger partial charge < -0.3 is 15.3 Å². The first-order valence-electron chi connectivity index (χ1n) is 11.3. The van der Waals surface area contributed by atoms with E-state index in [1.807, 2.05) is 72.8 Å². The van der Waals surface area contributed by atoms with Crippen molar-refractivity contribution < 1.29 is 19.5 Å². The lowest BCUT2D eigenvalue weighted by molar-refractivity contribution is -0.149. The van der Waals surface area contributed by atoms with Gasteiger partial charge in [0.15, 0.2) is 0 Å². The van der Waals surface area contributed by atoms with Gasteiger partial charge in [0.1, 0.15) is 11.6 Å². The maximum Gasteiger partial charge on any atom is 0.322 e. The van der Waals surface area contributed by atoms with Crippen molar-refractivity contribution in [1.82, 2.24) is 15.5 Å². The number of amides is 4. The van der Waals surface area contributed by atoms with Gasteiger partial charge in [-0.3, -0.25) is 14.9 Å². The first-order valence-corrected chi connectivity index (χ1v) is 11.3. The molecule has 0 bridgehead atoms. The number of benzene rings is 2. The second kappa shape index (κ2) is 9.27. The van der Waals surface area contributed by atoms with Crippen LogP contribution in [0.15, 0.2) is 78.9 Å². The van der Waals surface area contributed by atoms with Crippen LogP contribution in [0.3, 0.4) is 0 Å². The molecule has 1 aliphatic heterocycles. The largest absolute Gasteiger partial charge is 0.389 e. The third-order valence-corrected chi connectivity index (χ3v) is 6.76. The molecule has 0 saturated carbocycles. The van der Waals surface area contributed by atoms with E-state index in [0.29, 0.717) is 13.0 Å². The summed E-state index contributed by atoms with van der Waals surface area (Å²) in [6, 6.07) is 18.9. The quantitative estimate of drug-likeness (QED) is 0.555. The fourth-order valence-electron chi connectivity index (χ4n) is 4.64. The number of imide groups is 1. The average molecular weight is 460 g/mol. The lowest BCUT2D eigenvalue weighted by atomic mass is 9.67. The molecule has 4 rings (SSSR count). The number of hydrogen-bond donors (Lipinski definition) is 3. The number of hydrogen-bond acceptors (Lipinski definition) is 4. The molecule has 176 valence electrons. The minimum Gasteiger partial charge on any atom is -0.389 e. The van der Waals surface area contributed by atoms with E-state index in [2.05, 4.69) is 10.6 Å². The van der Waals surface area contributed by atoms with Gasteiger partial charge in [0.25, 0.3) is 5.91 Å². The van der Waals surface area contributed by atoms with Gasteiger partial charge in [-0.2, -0.15) is 0 Å². The minimum atomic E-state index is -1.64. The molecule has 0 aromatic heterocycles. The Kier molecular flexibility index (Phi) is 6.39. The predicted molar refractivity (Wildman–Crippen MR) is 129 cm³/mol. The Bertz CT molecular complexity index is 1140. The van der Waals surface area contributed by atoms with Crippen molar-refractivity contribution in [2.24, 2.45) is 5.41 Å². The summed E-state index contributed by atoms with van der Waals surface area (Å²) in [7, 11) is 1.69. The number of likely N-dealkylation sites (N-methyl/N-ethyl adjacent to an activating group) is 1. The van der Waals surface area contributed by atoms with Gasteiger partial charge in [-0.1, -0.05) is 78.9 Å². The Morgan fingerprint density at radius 2 is 1.74 bits per heavy atom. The van der Waals surface area contributed by atoms with Crippen LogP contribution >= 0.6 is 0 Å². The smallest absolute Gasteiger partial charge is 0.322 e. The van der Waals surface area contributed by atoms with E-state index in [-0.39, 0.29) is 12.3 Å². The maximum absolute atomic E-state index is 13.9. The topological polar surface area (TPSA) is 98.7 Å². The molecule has 7 heteroatoms. The van der Waals surface area contributed by atoms with Crippen LogP contribution in [0.25, 0.3) is 5.57 Å². The summed E-state index contributed by atoms with van der Waals surface area (Å²) >= 11 is 0. The highest BCUT2D eigenvalue weighted by atomic mass is 16.3. The van der Waals surface area contributed by atoms with Crippen molar-refractivity contribution in [2.45, 2.75) is 31.4 Å². The number of nitrogens with zero attached hydrogens (tertiary/aromatic N) is 1. The molecule has 34 heavy (non-hydrogen) atoms. The Morgan fingerprint density at radius 3 is 2.29 bits per heavy atom. The lowest BCUT2D eigenvalue weighted by Gasteiger charge is -2.43. The molecule has 3 unspecified atom stereocenters. The summed E-state index contributed by atoms with van der Waals surface area (Å²) in [4.78, 5) is 39.9. The first kappa shape index (κ1) is 23.4. The number of aliphatic hydroxyl groups is 1. The molecule has 2 aliphatic rings. The molecule has 2 aromatic rings. The molecule has 3 atom stereocenters. The summed E-state index contributed by atoms with van der Waals surface area (Å²) in [5.41, 5.74) is -0.0577. The lowest BCUT2D eigenvalue weighted by Crippen LogP contribution is -2.63. The van der Waals surface area contributed by atoms with Gasteiger partial charge >= 0.3 is 6.03 Å². The Balaban J connectivity index is 1.64. The van der Waals surface area contributed by atoms with E-state index >= 15 is 0 Å². The maximum atomic E-state index is 13.9. The summed E-state index contributed by atoms with van der Waals surface area (Å²) in [6.45, 7) is 1.89. The van der Waals surface area contributed by atoms with Crippen LogP contribution in [-0.4, -0.2) is 53.1 Å². The van der Waals surface area contributed by atoms with Crippen LogP contribution in [0, 0.1) is 5.41 Å². The predicted octanol–water partition coefficient (Wildman–Crippen LogP) is 2.68. The van der Waals surface area contributed by atoms with Gasteiger partial charge in [0, 0.05) is 13.6 Å². The molecule has 0 radical (unpaired) electrons. The molecule has 1 fully saturated rings. The third-order valence-electron chi connectivity index (χ3n) is 6.76. The van der Waals surface area contributed by atoms with Crippen molar-refractivity contribution in [1.29, 1.82) is 0 Å². The van der Waals surface area contributed by atoms with Crippen LogP contribution < -0.4 is 10.6 Å². The standard InChI is InChI=1S/C27H29N3O4/c1-26(23(32)28-25(34)29-26)22(31)27(16-13-21(14-17-27)20-11-7-4-8-12-20)24(33)30(2)18-15-19-9-5-3-6-10-19/h3-14,16,22,31H,15,17-18H2,1-2H3,(H2,28,29,32,34). The molecule has 2 aromatic carbocycles. The highest BCUT2D eigenvalue weighted by Gasteiger charge is 2.58. The molecule has 0 spiro atoms. The number of carbonyl (C=O) groups excluding carboxylic acids is 3. The van der Waals surface area contributed by atoms with E-state index in [4.69, 9.17) is 0 Å². The molecule has 4 amide bonds. The van der Waals surface area contributed by atoms with Gasteiger partial charge in [-0.15, -0.1) is 0 Å². The summed E-state index contributed by atoms with van der Waals surface area (Å²) in [5.74, 6) is -0.971. The van der Waals surface area contributed by atoms with E-state index in [0.717, 1.165) is 16.7 Å².